The maximum atomic E-state index is 12.5. The van der Waals surface area contributed by atoms with Gasteiger partial charge in [0.25, 0.3) is 0 Å². The molecule has 3 rings (SSSR count). The van der Waals surface area contributed by atoms with E-state index >= 15 is 0 Å². The molecule has 0 aliphatic heterocycles. The van der Waals surface area contributed by atoms with Gasteiger partial charge in [-0.3, -0.25) is 9.59 Å². The Morgan fingerprint density at radius 2 is 1.93 bits per heavy atom. The minimum atomic E-state index is -3.64. The van der Waals surface area contributed by atoms with Crippen molar-refractivity contribution < 1.29 is 23.1 Å². The molecule has 0 bridgehead atoms. The molecule has 1 aromatic carbocycles. The van der Waals surface area contributed by atoms with E-state index in [4.69, 9.17) is 16.7 Å². The second-order valence-electron chi connectivity index (χ2n) is 7.05. The number of ketones is 1. The third kappa shape index (κ3) is 5.66. The van der Waals surface area contributed by atoms with Crippen LogP contribution in [0.5, 0.6) is 0 Å². The molecule has 1 atom stereocenters. The number of carboxylic acids is 1. The number of thiophene rings is 1. The van der Waals surface area contributed by atoms with Crippen molar-refractivity contribution in [2.24, 2.45) is 0 Å². The van der Waals surface area contributed by atoms with Crippen molar-refractivity contribution >= 4 is 44.7 Å². The van der Waals surface area contributed by atoms with Crippen LogP contribution in [0, 0.1) is 0 Å². The first-order chi connectivity index (χ1) is 13.8. The number of hydrogen-bond donors (Lipinski definition) is 2. The molecule has 2 aromatic rings. The molecular weight excluding hydrogens is 434 g/mol. The summed E-state index contributed by atoms with van der Waals surface area (Å²) in [4.78, 5) is 24.9. The molecule has 0 spiro atoms. The summed E-state index contributed by atoms with van der Waals surface area (Å²) in [6.45, 7) is 0.265. The van der Waals surface area contributed by atoms with E-state index < -0.39 is 16.0 Å². The molecule has 0 fully saturated rings. The van der Waals surface area contributed by atoms with Crippen molar-refractivity contribution in [3.63, 3.8) is 0 Å². The zero-order chi connectivity index (χ0) is 21.0. The molecule has 9 heteroatoms. The van der Waals surface area contributed by atoms with Gasteiger partial charge in [0.2, 0.25) is 10.0 Å². The molecule has 0 amide bonds. The maximum absolute atomic E-state index is 12.5. The van der Waals surface area contributed by atoms with Crippen molar-refractivity contribution in [1.29, 1.82) is 0 Å². The average molecular weight is 456 g/mol. The Morgan fingerprint density at radius 1 is 1.21 bits per heavy atom. The van der Waals surface area contributed by atoms with Crippen LogP contribution >= 0.6 is 22.9 Å². The summed E-state index contributed by atoms with van der Waals surface area (Å²) in [5.41, 5.74) is 1.03. The fourth-order valence-corrected chi connectivity index (χ4v) is 5.89. The van der Waals surface area contributed by atoms with E-state index in [2.05, 4.69) is 4.72 Å². The van der Waals surface area contributed by atoms with Gasteiger partial charge in [-0.25, -0.2) is 13.1 Å². The lowest BCUT2D eigenvalue weighted by Gasteiger charge is -2.22. The third-order valence-electron chi connectivity index (χ3n) is 4.95. The van der Waals surface area contributed by atoms with E-state index in [1.807, 2.05) is 6.07 Å². The summed E-state index contributed by atoms with van der Waals surface area (Å²) < 4.78 is 27.7. The van der Waals surface area contributed by atoms with E-state index in [1.165, 1.54) is 35.6 Å². The molecule has 1 aliphatic carbocycles. The highest BCUT2D eigenvalue weighted by atomic mass is 35.5. The van der Waals surface area contributed by atoms with Crippen LogP contribution in [0.3, 0.4) is 0 Å². The molecule has 1 aromatic heterocycles. The number of carbonyl (C=O) groups is 2. The van der Waals surface area contributed by atoms with Gasteiger partial charge < -0.3 is 5.11 Å². The fourth-order valence-electron chi connectivity index (χ4n) is 3.43. The van der Waals surface area contributed by atoms with Gasteiger partial charge in [-0.1, -0.05) is 11.6 Å². The third-order valence-corrected chi connectivity index (χ3v) is 7.89. The molecule has 0 saturated heterocycles. The van der Waals surface area contributed by atoms with E-state index in [1.54, 1.807) is 0 Å². The van der Waals surface area contributed by atoms with Crippen molar-refractivity contribution in [2.75, 3.05) is 6.54 Å². The van der Waals surface area contributed by atoms with E-state index in [0.29, 0.717) is 16.3 Å². The van der Waals surface area contributed by atoms with Crippen molar-refractivity contribution in [1.82, 2.24) is 4.72 Å². The number of carbonyl (C=O) groups excluding carboxylic acids is 1. The van der Waals surface area contributed by atoms with Gasteiger partial charge in [-0.05, 0) is 67.5 Å². The van der Waals surface area contributed by atoms with Crippen LogP contribution in [0.25, 0.3) is 0 Å². The number of nitrogens with one attached hydrogen (secondary N) is 1. The predicted octanol–water partition coefficient (Wildman–Crippen LogP) is 4.24. The first kappa shape index (κ1) is 22.0. The zero-order valence-corrected chi connectivity index (χ0v) is 18.1. The van der Waals surface area contributed by atoms with Crippen molar-refractivity contribution in [3.8, 4) is 0 Å². The number of sulfonamides is 1. The number of halogens is 1. The normalized spacial score (nSPS) is 16.4. The van der Waals surface area contributed by atoms with E-state index in [0.717, 1.165) is 29.7 Å². The van der Waals surface area contributed by atoms with E-state index in [9.17, 15) is 18.0 Å². The summed E-state index contributed by atoms with van der Waals surface area (Å²) in [6.07, 6.45) is 3.17. The molecule has 156 valence electrons. The zero-order valence-electron chi connectivity index (χ0n) is 15.7. The summed E-state index contributed by atoms with van der Waals surface area (Å²) >= 11 is 7.27. The minimum absolute atomic E-state index is 0.0117. The number of fused-ring (bicyclic) bond motifs is 1. The number of aliphatic carboxylic acids is 1. The summed E-state index contributed by atoms with van der Waals surface area (Å²) in [7, 11) is -3.64. The molecule has 29 heavy (non-hydrogen) atoms. The molecule has 1 heterocycles. The number of aryl methyl sites for hydroxylation is 1. The van der Waals surface area contributed by atoms with Crippen LogP contribution in [0.2, 0.25) is 5.02 Å². The summed E-state index contributed by atoms with van der Waals surface area (Å²) in [5.74, 6) is -0.944. The van der Waals surface area contributed by atoms with Crippen LogP contribution in [0.4, 0.5) is 0 Å². The molecule has 2 N–H and O–H groups in total. The molecule has 0 saturated carbocycles. The molecule has 6 nitrogen and oxygen atoms in total. The van der Waals surface area contributed by atoms with Crippen molar-refractivity contribution in [2.45, 2.75) is 49.3 Å². The van der Waals surface area contributed by atoms with Gasteiger partial charge >= 0.3 is 5.97 Å². The van der Waals surface area contributed by atoms with Crippen LogP contribution in [-0.4, -0.2) is 31.8 Å². The molecule has 1 unspecified atom stereocenters. The average Bonchev–Trinajstić information content (AvgIpc) is 3.11. The SMILES string of the molecule is O=C(O)CCCC(=O)c1cc2c(s1)CCCC2CNS(=O)(=O)c1ccc(Cl)cc1. The van der Waals surface area contributed by atoms with Crippen LogP contribution < -0.4 is 4.72 Å². The maximum Gasteiger partial charge on any atom is 0.303 e. The quantitative estimate of drug-likeness (QED) is 0.551. The minimum Gasteiger partial charge on any atom is -0.481 e. The Hall–Kier alpha value is -1.74. The van der Waals surface area contributed by atoms with Gasteiger partial charge in [-0.15, -0.1) is 11.3 Å². The number of hydrogen-bond acceptors (Lipinski definition) is 5. The summed E-state index contributed by atoms with van der Waals surface area (Å²) in [6, 6.07) is 7.88. The highest BCUT2D eigenvalue weighted by Crippen LogP contribution is 2.37. The lowest BCUT2D eigenvalue weighted by molar-refractivity contribution is -0.137. The van der Waals surface area contributed by atoms with Crippen LogP contribution in [0.15, 0.2) is 35.2 Å². The molecule has 1 aliphatic rings. The first-order valence-corrected chi connectivity index (χ1v) is 12.1. The predicted molar refractivity (Wildman–Crippen MR) is 112 cm³/mol. The Bertz CT molecular complexity index is 998. The van der Waals surface area contributed by atoms with E-state index in [-0.39, 0.29) is 36.0 Å². The second-order valence-corrected chi connectivity index (χ2v) is 10.4. The van der Waals surface area contributed by atoms with Crippen LogP contribution in [0.1, 0.15) is 58.1 Å². The number of carboxylic acid groups (broad SMARTS) is 1. The van der Waals surface area contributed by atoms with Gasteiger partial charge in [0.1, 0.15) is 0 Å². The standard InChI is InChI=1S/C20H22ClNO5S2/c21-14-7-9-15(10-8-14)29(26,27)22-12-13-3-1-5-18-16(13)11-19(28-18)17(23)4-2-6-20(24)25/h7-11,13,22H,1-6,12H2,(H,24,25). The Labute approximate surface area is 179 Å². The molecule has 0 radical (unpaired) electrons. The summed E-state index contributed by atoms with van der Waals surface area (Å²) in [5, 5.41) is 9.19. The number of Topliss-reactive ketones (excluding diaryl/α,β-unsaturated/α-hetero) is 1. The van der Waals surface area contributed by atoms with Crippen molar-refractivity contribution in [3.05, 3.63) is 50.7 Å². The Balaban J connectivity index is 1.67. The molecular formula is C20H22ClNO5S2. The van der Waals surface area contributed by atoms with Gasteiger partial charge in [0, 0.05) is 29.3 Å². The number of benzene rings is 1. The topological polar surface area (TPSA) is 101 Å². The lowest BCUT2D eigenvalue weighted by atomic mass is 9.87. The highest BCUT2D eigenvalue weighted by Gasteiger charge is 2.26. The lowest BCUT2D eigenvalue weighted by Crippen LogP contribution is -2.29. The first-order valence-electron chi connectivity index (χ1n) is 9.39. The second kappa shape index (κ2) is 9.38. The van der Waals surface area contributed by atoms with Gasteiger partial charge in [-0.2, -0.15) is 0 Å². The fraction of sp³-hybridized carbons (Fsp3) is 0.400. The smallest absolute Gasteiger partial charge is 0.303 e. The number of rotatable bonds is 9. The Morgan fingerprint density at radius 3 is 2.62 bits per heavy atom. The largest absolute Gasteiger partial charge is 0.481 e. The van der Waals surface area contributed by atoms with Gasteiger partial charge in [0.15, 0.2) is 5.78 Å². The van der Waals surface area contributed by atoms with Gasteiger partial charge in [0.05, 0.1) is 9.77 Å². The highest BCUT2D eigenvalue weighted by molar-refractivity contribution is 7.89. The van der Waals surface area contributed by atoms with Crippen LogP contribution in [-0.2, 0) is 21.2 Å². The monoisotopic (exact) mass is 455 g/mol. The Kier molecular flexibility index (Phi) is 7.10.